The lowest BCUT2D eigenvalue weighted by Crippen LogP contribution is -2.76. The summed E-state index contributed by atoms with van der Waals surface area (Å²) in [7, 11) is 0. The van der Waals surface area contributed by atoms with Crippen LogP contribution in [0, 0.1) is 0 Å². The lowest BCUT2D eigenvalue weighted by atomic mass is 9.75. The van der Waals surface area contributed by atoms with Crippen LogP contribution in [-0.2, 0) is 56.0 Å². The highest BCUT2D eigenvalue weighted by molar-refractivity contribution is 5.95. The molecule has 2 fully saturated rings. The van der Waals surface area contributed by atoms with Crippen LogP contribution in [0.25, 0.3) is 0 Å². The van der Waals surface area contributed by atoms with Gasteiger partial charge in [-0.3, -0.25) is 4.79 Å². The fourth-order valence-electron chi connectivity index (χ4n) is 5.64. The molecule has 0 spiro atoms. The van der Waals surface area contributed by atoms with Gasteiger partial charge in [-0.2, -0.15) is 0 Å². The van der Waals surface area contributed by atoms with Crippen molar-refractivity contribution in [1.29, 1.82) is 0 Å². The minimum absolute atomic E-state index is 0.00861. The molecule has 2 N–H and O–H groups in total. The predicted octanol–water partition coefficient (Wildman–Crippen LogP) is 3.41. The average Bonchev–Trinajstić information content (AvgIpc) is 3.22. The third-order valence-corrected chi connectivity index (χ3v) is 7.49. The number of aliphatic hydroxyl groups excluding tert-OH is 1. The topological polar surface area (TPSA) is 147 Å². The van der Waals surface area contributed by atoms with E-state index in [0.29, 0.717) is 5.56 Å². The standard InChI is InChI=1S/C34H44O11/c1-30(2,3)43-28(37)27-32(39,22-36)34(29(38)44-31(4,5)6)26(41-21-24-16-11-8-12-17-24)25(33(42-27,45-34)18-13-19-35)40-20-23-14-9-7-10-15-23/h7-12,14-17,22,25-27,35,39H,13,18-21H2,1-6H3/t25-,26-,27-,32+,33+,34+/m1/s1. The van der Waals surface area contributed by atoms with Crippen molar-refractivity contribution in [3.05, 3.63) is 71.8 Å². The first-order valence-electron chi connectivity index (χ1n) is 15.1. The molecule has 2 aliphatic rings. The second-order valence-corrected chi connectivity index (χ2v) is 13.4. The summed E-state index contributed by atoms with van der Waals surface area (Å²) in [6, 6.07) is 18.2. The van der Waals surface area contributed by atoms with Crippen molar-refractivity contribution >= 4 is 18.2 Å². The average molecular weight is 629 g/mol. The van der Waals surface area contributed by atoms with Crippen LogP contribution in [0.2, 0.25) is 0 Å². The van der Waals surface area contributed by atoms with Crippen LogP contribution in [0.4, 0.5) is 0 Å². The van der Waals surface area contributed by atoms with Gasteiger partial charge in [0.1, 0.15) is 23.4 Å². The molecule has 11 heteroatoms. The quantitative estimate of drug-likeness (QED) is 0.263. The first kappa shape index (κ1) is 34.7. The van der Waals surface area contributed by atoms with Crippen LogP contribution in [-0.4, -0.2) is 81.5 Å². The molecule has 2 heterocycles. The number of hydrogen-bond donors (Lipinski definition) is 2. The summed E-state index contributed by atoms with van der Waals surface area (Å²) in [6.45, 7) is 9.28. The maximum absolute atomic E-state index is 14.4. The predicted molar refractivity (Wildman–Crippen MR) is 160 cm³/mol. The Labute approximate surface area is 263 Å². The monoisotopic (exact) mass is 628 g/mol. The molecule has 11 nitrogen and oxygen atoms in total. The maximum atomic E-state index is 14.4. The highest BCUT2D eigenvalue weighted by atomic mass is 16.8. The Kier molecular flexibility index (Phi) is 10.2. The Hall–Kier alpha value is -3.19. The van der Waals surface area contributed by atoms with E-state index >= 15 is 0 Å². The number of esters is 2. The Morgan fingerprint density at radius 3 is 1.82 bits per heavy atom. The molecular formula is C34H44O11. The van der Waals surface area contributed by atoms with Gasteiger partial charge in [-0.15, -0.1) is 0 Å². The zero-order valence-corrected chi connectivity index (χ0v) is 26.7. The van der Waals surface area contributed by atoms with Crippen molar-refractivity contribution in [2.45, 2.75) is 114 Å². The van der Waals surface area contributed by atoms with Crippen LogP contribution < -0.4 is 0 Å². The van der Waals surface area contributed by atoms with Gasteiger partial charge in [0.2, 0.25) is 5.60 Å². The SMILES string of the molecule is CC(C)(C)OC(=O)[C@H]1O[C@@]2(CCCO)O[C@](C(=O)OC(C)(C)C)([C@H](OCc3ccccc3)[C@H]2OCc2ccccc2)[C@]1(O)C=O. The summed E-state index contributed by atoms with van der Waals surface area (Å²) in [5.74, 6) is -4.22. The number of carbonyl (C=O) groups is 3. The summed E-state index contributed by atoms with van der Waals surface area (Å²) in [5.41, 5.74) is -6.34. The van der Waals surface area contributed by atoms with E-state index in [9.17, 15) is 24.6 Å². The smallest absolute Gasteiger partial charge is 0.345 e. The summed E-state index contributed by atoms with van der Waals surface area (Å²) < 4.78 is 36.9. The lowest BCUT2D eigenvalue weighted by molar-refractivity contribution is -0.375. The number of carbonyl (C=O) groups excluding carboxylic acids is 3. The highest BCUT2D eigenvalue weighted by Crippen LogP contribution is 2.57. The van der Waals surface area contributed by atoms with Crippen molar-refractivity contribution in [3.8, 4) is 0 Å². The lowest BCUT2D eigenvalue weighted by Gasteiger charge is -2.50. The molecule has 2 aliphatic heterocycles. The second kappa shape index (κ2) is 13.3. The normalized spacial score (nSPS) is 29.6. The molecule has 0 aliphatic carbocycles. The molecule has 45 heavy (non-hydrogen) atoms. The molecule has 6 atom stereocenters. The zero-order chi connectivity index (χ0) is 33.1. The molecule has 2 aromatic rings. The van der Waals surface area contributed by atoms with E-state index in [0.717, 1.165) is 5.56 Å². The molecular weight excluding hydrogens is 584 g/mol. The number of rotatable bonds is 12. The summed E-state index contributed by atoms with van der Waals surface area (Å²) in [5, 5.41) is 22.2. The number of ether oxygens (including phenoxy) is 6. The van der Waals surface area contributed by atoms with Crippen LogP contribution >= 0.6 is 0 Å². The molecule has 0 aromatic heterocycles. The third kappa shape index (κ3) is 7.14. The summed E-state index contributed by atoms with van der Waals surface area (Å²) in [6.07, 6.45) is -4.88. The van der Waals surface area contributed by atoms with Gasteiger partial charge in [-0.05, 0) is 59.1 Å². The number of benzene rings is 2. The fourth-order valence-corrected chi connectivity index (χ4v) is 5.64. The van der Waals surface area contributed by atoms with Gasteiger partial charge < -0.3 is 38.6 Å². The molecule has 0 radical (unpaired) electrons. The van der Waals surface area contributed by atoms with Gasteiger partial charge in [0.25, 0.3) is 0 Å². The van der Waals surface area contributed by atoms with Crippen LogP contribution in [0.1, 0.15) is 65.5 Å². The largest absolute Gasteiger partial charge is 0.458 e. The first-order valence-corrected chi connectivity index (χ1v) is 15.1. The van der Waals surface area contributed by atoms with E-state index in [1.165, 1.54) is 0 Å². The molecule has 2 bridgehead atoms. The molecule has 0 unspecified atom stereocenters. The molecule has 2 aromatic carbocycles. The molecule has 2 saturated heterocycles. The van der Waals surface area contributed by atoms with Crippen LogP contribution in [0.3, 0.4) is 0 Å². The van der Waals surface area contributed by atoms with Crippen LogP contribution in [0.5, 0.6) is 0 Å². The van der Waals surface area contributed by atoms with Crippen molar-refractivity contribution in [3.63, 3.8) is 0 Å². The summed E-state index contributed by atoms with van der Waals surface area (Å²) >= 11 is 0. The molecule has 4 rings (SSSR count). The Bertz CT molecular complexity index is 1320. The van der Waals surface area contributed by atoms with Crippen molar-refractivity contribution < 1.29 is 53.0 Å². The number of hydrogen-bond acceptors (Lipinski definition) is 11. The van der Waals surface area contributed by atoms with E-state index in [1.807, 2.05) is 36.4 Å². The van der Waals surface area contributed by atoms with Crippen molar-refractivity contribution in [2.75, 3.05) is 6.61 Å². The van der Waals surface area contributed by atoms with E-state index in [2.05, 4.69) is 0 Å². The minimum Gasteiger partial charge on any atom is -0.458 e. The fraction of sp³-hybridized carbons (Fsp3) is 0.559. The van der Waals surface area contributed by atoms with Crippen LogP contribution in [0.15, 0.2) is 60.7 Å². The minimum atomic E-state index is -2.99. The number of fused-ring (bicyclic) bond motifs is 2. The van der Waals surface area contributed by atoms with Gasteiger partial charge in [0, 0.05) is 13.0 Å². The highest BCUT2D eigenvalue weighted by Gasteiger charge is 2.83. The van der Waals surface area contributed by atoms with Crippen molar-refractivity contribution in [1.82, 2.24) is 0 Å². The van der Waals surface area contributed by atoms with Gasteiger partial charge in [-0.1, -0.05) is 60.7 Å². The molecule has 246 valence electrons. The Morgan fingerprint density at radius 2 is 1.36 bits per heavy atom. The van der Waals surface area contributed by atoms with E-state index in [1.54, 1.807) is 65.8 Å². The summed E-state index contributed by atoms with van der Waals surface area (Å²) in [4.78, 5) is 41.2. The number of aliphatic hydroxyl groups is 2. The Balaban J connectivity index is 1.94. The maximum Gasteiger partial charge on any atom is 0.345 e. The van der Waals surface area contributed by atoms with Gasteiger partial charge >= 0.3 is 11.9 Å². The zero-order valence-electron chi connectivity index (χ0n) is 26.7. The first-order chi connectivity index (χ1) is 21.1. The second-order valence-electron chi connectivity index (χ2n) is 13.4. The van der Waals surface area contributed by atoms with Gasteiger partial charge in [0.05, 0.1) is 13.2 Å². The Morgan fingerprint density at radius 1 is 0.844 bits per heavy atom. The van der Waals surface area contributed by atoms with E-state index < -0.39 is 58.4 Å². The number of aldehydes is 1. The molecule has 0 amide bonds. The van der Waals surface area contributed by atoms with Gasteiger partial charge in [0.15, 0.2) is 23.8 Å². The van der Waals surface area contributed by atoms with E-state index in [-0.39, 0.29) is 38.9 Å². The van der Waals surface area contributed by atoms with E-state index in [4.69, 9.17) is 28.4 Å². The third-order valence-electron chi connectivity index (χ3n) is 7.49. The molecule has 0 saturated carbocycles. The van der Waals surface area contributed by atoms with Gasteiger partial charge in [-0.25, -0.2) is 9.59 Å². The van der Waals surface area contributed by atoms with Crippen molar-refractivity contribution in [2.24, 2.45) is 0 Å².